The molecule has 2 aliphatic rings. The molecule has 3 unspecified atom stereocenters. The van der Waals surface area contributed by atoms with Gasteiger partial charge in [0.15, 0.2) is 0 Å². The number of nitrogens with zero attached hydrogens (tertiary/aromatic N) is 7. The van der Waals surface area contributed by atoms with E-state index in [-0.39, 0.29) is 18.2 Å². The lowest BCUT2D eigenvalue weighted by molar-refractivity contribution is 0.0941. The third kappa shape index (κ3) is 4.60. The number of pyridine rings is 1. The van der Waals surface area contributed by atoms with Gasteiger partial charge in [0.05, 0.1) is 12.8 Å². The Balaban J connectivity index is 1.39. The largest absolute Gasteiger partial charge is 0.450 e. The molecule has 5 rings (SSSR count). The average Bonchev–Trinajstić information content (AvgIpc) is 3.27. The number of carbonyl (C=O) groups is 1. The first kappa shape index (κ1) is 23.3. The normalized spacial score (nSPS) is 23.1. The standard InChI is InChI=1S/C24H33N9O2/c1-5-35-24(34)32-13-16(3)33(17(4)14-32)23-27-11-19-22(28-23)21(30-29-19)18-6-7-20(26-10-18)31-9-8-25-15(2)12-31/h6-7,10-11,15-17,25H,5,8-9,12-14H2,1-4H3,(H,29,30). The molecule has 11 nitrogen and oxygen atoms in total. The number of rotatable bonds is 4. The summed E-state index contributed by atoms with van der Waals surface area (Å²) in [6.45, 7) is 12.5. The Bertz CT molecular complexity index is 1170. The highest BCUT2D eigenvalue weighted by atomic mass is 16.6. The first-order chi connectivity index (χ1) is 16.9. The van der Waals surface area contributed by atoms with Crippen LogP contribution < -0.4 is 15.1 Å². The van der Waals surface area contributed by atoms with Crippen molar-refractivity contribution in [3.63, 3.8) is 0 Å². The van der Waals surface area contributed by atoms with Gasteiger partial charge in [0.25, 0.3) is 0 Å². The summed E-state index contributed by atoms with van der Waals surface area (Å²) in [4.78, 5) is 32.7. The van der Waals surface area contributed by atoms with Crippen LogP contribution in [0, 0.1) is 0 Å². The molecule has 2 N–H and O–H groups in total. The van der Waals surface area contributed by atoms with Gasteiger partial charge in [0.2, 0.25) is 5.95 Å². The van der Waals surface area contributed by atoms with Gasteiger partial charge in [0.1, 0.15) is 22.5 Å². The molecule has 11 heteroatoms. The van der Waals surface area contributed by atoms with Crippen LogP contribution in [0.25, 0.3) is 22.3 Å². The molecule has 2 aliphatic heterocycles. The third-order valence-electron chi connectivity index (χ3n) is 6.68. The monoisotopic (exact) mass is 479 g/mol. The van der Waals surface area contributed by atoms with E-state index in [0.29, 0.717) is 31.7 Å². The molecule has 5 heterocycles. The highest BCUT2D eigenvalue weighted by molar-refractivity contribution is 5.89. The lowest BCUT2D eigenvalue weighted by atomic mass is 10.1. The Labute approximate surface area is 204 Å². The van der Waals surface area contributed by atoms with Crippen LogP contribution in [0.4, 0.5) is 16.6 Å². The molecular formula is C24H33N9O2. The van der Waals surface area contributed by atoms with Crippen molar-refractivity contribution in [2.45, 2.75) is 45.8 Å². The van der Waals surface area contributed by atoms with Crippen LogP contribution in [-0.4, -0.2) is 93.6 Å². The van der Waals surface area contributed by atoms with Crippen molar-refractivity contribution < 1.29 is 9.53 Å². The molecule has 0 aliphatic carbocycles. The quantitative estimate of drug-likeness (QED) is 0.581. The summed E-state index contributed by atoms with van der Waals surface area (Å²) < 4.78 is 5.20. The summed E-state index contributed by atoms with van der Waals surface area (Å²) in [5.74, 6) is 1.60. The fourth-order valence-electron chi connectivity index (χ4n) is 5.06. The van der Waals surface area contributed by atoms with Crippen molar-refractivity contribution in [2.24, 2.45) is 0 Å². The zero-order valence-electron chi connectivity index (χ0n) is 20.7. The van der Waals surface area contributed by atoms with Gasteiger partial charge >= 0.3 is 6.09 Å². The molecular weight excluding hydrogens is 446 g/mol. The maximum Gasteiger partial charge on any atom is 0.409 e. The van der Waals surface area contributed by atoms with Crippen LogP contribution >= 0.6 is 0 Å². The third-order valence-corrected chi connectivity index (χ3v) is 6.68. The van der Waals surface area contributed by atoms with Crippen molar-refractivity contribution in [3.05, 3.63) is 24.5 Å². The molecule has 0 saturated carbocycles. The summed E-state index contributed by atoms with van der Waals surface area (Å²) in [6.07, 6.45) is 3.36. The minimum atomic E-state index is -0.273. The Morgan fingerprint density at radius 1 is 1.11 bits per heavy atom. The van der Waals surface area contributed by atoms with Gasteiger partial charge in [-0.1, -0.05) is 0 Å². The van der Waals surface area contributed by atoms with Gasteiger partial charge in [-0.25, -0.2) is 19.7 Å². The Hall–Kier alpha value is -3.47. The van der Waals surface area contributed by atoms with Crippen LogP contribution in [0.3, 0.4) is 0 Å². The lowest BCUT2D eigenvalue weighted by Gasteiger charge is -2.43. The number of carbonyl (C=O) groups excluding carboxylic acids is 1. The molecule has 2 fully saturated rings. The van der Waals surface area contributed by atoms with Crippen molar-refractivity contribution >= 4 is 28.9 Å². The van der Waals surface area contributed by atoms with Gasteiger partial charge in [0, 0.05) is 62.6 Å². The topological polar surface area (TPSA) is 115 Å². The summed E-state index contributed by atoms with van der Waals surface area (Å²) in [6, 6.07) is 4.63. The molecule has 186 valence electrons. The second kappa shape index (κ2) is 9.65. The number of H-pyrrole nitrogens is 1. The van der Waals surface area contributed by atoms with Crippen molar-refractivity contribution in [2.75, 3.05) is 49.1 Å². The minimum absolute atomic E-state index is 0.0401. The number of nitrogens with one attached hydrogen (secondary N) is 2. The number of fused-ring (bicyclic) bond motifs is 1. The molecule has 3 atom stereocenters. The summed E-state index contributed by atoms with van der Waals surface area (Å²) >= 11 is 0. The van der Waals surface area contributed by atoms with Gasteiger partial charge in [-0.2, -0.15) is 5.10 Å². The maximum atomic E-state index is 12.2. The van der Waals surface area contributed by atoms with Gasteiger partial charge in [-0.05, 0) is 39.8 Å². The SMILES string of the molecule is CCOC(=O)N1CC(C)N(c2ncc3[nH]nc(-c4ccc(N5CCNC(C)C5)nc4)c3n2)C(C)C1. The van der Waals surface area contributed by atoms with E-state index < -0.39 is 0 Å². The van der Waals surface area contributed by atoms with E-state index in [1.54, 1.807) is 11.1 Å². The average molecular weight is 480 g/mol. The highest BCUT2D eigenvalue weighted by Gasteiger charge is 2.34. The van der Waals surface area contributed by atoms with E-state index in [2.05, 4.69) is 63.2 Å². The van der Waals surface area contributed by atoms with Gasteiger partial charge < -0.3 is 24.8 Å². The molecule has 3 aromatic rings. The van der Waals surface area contributed by atoms with E-state index in [0.717, 1.165) is 47.7 Å². The number of aromatic amines is 1. The number of amides is 1. The van der Waals surface area contributed by atoms with E-state index in [1.807, 2.05) is 13.1 Å². The fourth-order valence-corrected chi connectivity index (χ4v) is 5.06. The van der Waals surface area contributed by atoms with E-state index in [9.17, 15) is 4.79 Å². The van der Waals surface area contributed by atoms with Crippen LogP contribution in [0.15, 0.2) is 24.5 Å². The fraction of sp³-hybridized carbons (Fsp3) is 0.542. The number of hydrogen-bond donors (Lipinski definition) is 2. The molecule has 0 aromatic carbocycles. The van der Waals surface area contributed by atoms with Crippen LogP contribution in [0.2, 0.25) is 0 Å². The van der Waals surface area contributed by atoms with Crippen LogP contribution in [0.1, 0.15) is 27.7 Å². The maximum absolute atomic E-state index is 12.2. The Morgan fingerprint density at radius 2 is 1.91 bits per heavy atom. The molecule has 0 bridgehead atoms. The second-order valence-electron chi connectivity index (χ2n) is 9.42. The number of aromatic nitrogens is 5. The summed E-state index contributed by atoms with van der Waals surface area (Å²) in [5, 5.41) is 11.0. The molecule has 2 saturated heterocycles. The van der Waals surface area contributed by atoms with E-state index in [4.69, 9.17) is 14.7 Å². The minimum Gasteiger partial charge on any atom is -0.450 e. The molecule has 35 heavy (non-hydrogen) atoms. The molecule has 1 amide bonds. The summed E-state index contributed by atoms with van der Waals surface area (Å²) in [7, 11) is 0. The van der Waals surface area contributed by atoms with Gasteiger partial charge in [-0.15, -0.1) is 0 Å². The van der Waals surface area contributed by atoms with Crippen LogP contribution in [-0.2, 0) is 4.74 Å². The smallest absolute Gasteiger partial charge is 0.409 e. The van der Waals surface area contributed by atoms with Crippen LogP contribution in [0.5, 0.6) is 0 Å². The predicted octanol–water partition coefficient (Wildman–Crippen LogP) is 2.27. The molecule has 0 spiro atoms. The van der Waals surface area contributed by atoms with E-state index >= 15 is 0 Å². The zero-order valence-corrected chi connectivity index (χ0v) is 20.7. The predicted molar refractivity (Wildman–Crippen MR) is 135 cm³/mol. The lowest BCUT2D eigenvalue weighted by Crippen LogP contribution is -2.58. The second-order valence-corrected chi connectivity index (χ2v) is 9.42. The Kier molecular flexibility index (Phi) is 6.42. The van der Waals surface area contributed by atoms with Crippen molar-refractivity contribution in [1.29, 1.82) is 0 Å². The zero-order chi connectivity index (χ0) is 24.5. The van der Waals surface area contributed by atoms with Crippen molar-refractivity contribution in [1.82, 2.24) is 35.4 Å². The molecule has 0 radical (unpaired) electrons. The number of anilines is 2. The van der Waals surface area contributed by atoms with E-state index in [1.165, 1.54) is 0 Å². The highest BCUT2D eigenvalue weighted by Crippen LogP contribution is 2.29. The Morgan fingerprint density at radius 3 is 2.60 bits per heavy atom. The number of piperazine rings is 2. The molecule has 3 aromatic heterocycles. The number of hydrogen-bond acceptors (Lipinski definition) is 9. The number of ether oxygens (including phenoxy) is 1. The first-order valence-electron chi connectivity index (χ1n) is 12.3. The first-order valence-corrected chi connectivity index (χ1v) is 12.3. The van der Waals surface area contributed by atoms with Gasteiger partial charge in [-0.3, -0.25) is 5.10 Å². The van der Waals surface area contributed by atoms with Crippen molar-refractivity contribution in [3.8, 4) is 11.3 Å². The summed E-state index contributed by atoms with van der Waals surface area (Å²) in [5.41, 5.74) is 3.18.